The number of nitrogens with two attached hydrogens (primary N) is 1. The summed E-state index contributed by atoms with van der Waals surface area (Å²) in [5.41, 5.74) is 10.4. The normalized spacial score (nSPS) is 29.3. The van der Waals surface area contributed by atoms with Gasteiger partial charge in [-0.15, -0.1) is 0 Å². The number of nitrogens with one attached hydrogen (secondary N) is 2. The Balaban J connectivity index is 2.50. The second kappa shape index (κ2) is 1.60. The monoisotopic (exact) mass is 119 g/mol. The second-order valence-corrected chi connectivity index (χ2v) is 1.76. The van der Waals surface area contributed by atoms with Gasteiger partial charge in [0.2, 0.25) is 0 Å². The number of halogens is 1. The highest BCUT2D eigenvalue weighted by molar-refractivity contribution is 6.21. The lowest BCUT2D eigenvalue weighted by atomic mass is 10.6. The van der Waals surface area contributed by atoms with Gasteiger partial charge in [0.1, 0.15) is 11.3 Å². The van der Waals surface area contributed by atoms with Gasteiger partial charge in [-0.1, -0.05) is 11.6 Å². The van der Waals surface area contributed by atoms with Gasteiger partial charge in [-0.25, -0.2) is 5.43 Å². The summed E-state index contributed by atoms with van der Waals surface area (Å²) in [6.07, 6.45) is 1.68. The fraction of sp³-hybridized carbons (Fsp3) is 0.333. The van der Waals surface area contributed by atoms with E-state index in [1.54, 1.807) is 6.08 Å². The van der Waals surface area contributed by atoms with E-state index in [1.807, 2.05) is 0 Å². The summed E-state index contributed by atoms with van der Waals surface area (Å²) in [5, 5.41) is 0. The standard InChI is InChI=1S/C3H6ClN3/c4-2-1-3(5)7-6-2/h1-2,6-7H,5H2. The molecule has 1 atom stereocenters. The van der Waals surface area contributed by atoms with Gasteiger partial charge in [0.15, 0.2) is 0 Å². The van der Waals surface area contributed by atoms with Crippen molar-refractivity contribution < 1.29 is 0 Å². The molecule has 4 heteroatoms. The third kappa shape index (κ3) is 0.976. The minimum absolute atomic E-state index is 0.153. The predicted molar refractivity (Wildman–Crippen MR) is 28.2 cm³/mol. The van der Waals surface area contributed by atoms with Crippen LogP contribution >= 0.6 is 11.6 Å². The summed E-state index contributed by atoms with van der Waals surface area (Å²) in [7, 11) is 0. The van der Waals surface area contributed by atoms with Crippen LogP contribution in [0.1, 0.15) is 0 Å². The van der Waals surface area contributed by atoms with Gasteiger partial charge in [-0.3, -0.25) is 0 Å². The Morgan fingerprint density at radius 2 is 2.57 bits per heavy atom. The average Bonchev–Trinajstić information content (AvgIpc) is 1.87. The van der Waals surface area contributed by atoms with Gasteiger partial charge in [0, 0.05) is 0 Å². The minimum Gasteiger partial charge on any atom is -0.385 e. The molecule has 0 radical (unpaired) electrons. The summed E-state index contributed by atoms with van der Waals surface area (Å²) in [5.74, 6) is 0.583. The molecule has 4 N–H and O–H groups in total. The van der Waals surface area contributed by atoms with E-state index in [1.165, 1.54) is 0 Å². The first-order chi connectivity index (χ1) is 3.29. The molecule has 0 saturated carbocycles. The Labute approximate surface area is 46.5 Å². The van der Waals surface area contributed by atoms with Gasteiger partial charge in [0.05, 0.1) is 0 Å². The fourth-order valence-corrected chi connectivity index (χ4v) is 0.584. The molecule has 0 fully saturated rings. The van der Waals surface area contributed by atoms with Gasteiger partial charge >= 0.3 is 0 Å². The van der Waals surface area contributed by atoms with E-state index in [0.717, 1.165) is 0 Å². The molecule has 40 valence electrons. The van der Waals surface area contributed by atoms with Crippen molar-refractivity contribution in [1.29, 1.82) is 0 Å². The number of alkyl halides is 1. The highest BCUT2D eigenvalue weighted by Crippen LogP contribution is 1.97. The van der Waals surface area contributed by atoms with E-state index in [4.69, 9.17) is 17.3 Å². The van der Waals surface area contributed by atoms with Crippen LogP contribution in [-0.2, 0) is 0 Å². The van der Waals surface area contributed by atoms with Crippen molar-refractivity contribution in [2.45, 2.75) is 5.50 Å². The highest BCUT2D eigenvalue weighted by Gasteiger charge is 2.05. The van der Waals surface area contributed by atoms with Gasteiger partial charge in [-0.2, -0.15) is 0 Å². The van der Waals surface area contributed by atoms with Crippen LogP contribution in [0, 0.1) is 0 Å². The molecule has 1 aliphatic heterocycles. The maximum absolute atomic E-state index is 5.48. The summed E-state index contributed by atoms with van der Waals surface area (Å²) in [6, 6.07) is 0. The SMILES string of the molecule is NC1=CC(Cl)NN1. The van der Waals surface area contributed by atoms with Crippen molar-refractivity contribution in [3.8, 4) is 0 Å². The van der Waals surface area contributed by atoms with Crippen LogP contribution in [0.15, 0.2) is 11.9 Å². The maximum Gasteiger partial charge on any atom is 0.122 e. The molecule has 1 heterocycles. The lowest BCUT2D eigenvalue weighted by molar-refractivity contribution is 0.666. The molecule has 0 aromatic rings. The van der Waals surface area contributed by atoms with Crippen molar-refractivity contribution in [3.63, 3.8) is 0 Å². The van der Waals surface area contributed by atoms with Crippen molar-refractivity contribution in [2.75, 3.05) is 0 Å². The highest BCUT2D eigenvalue weighted by atomic mass is 35.5. The van der Waals surface area contributed by atoms with Crippen LogP contribution < -0.4 is 16.6 Å². The zero-order chi connectivity index (χ0) is 5.28. The second-order valence-electron chi connectivity index (χ2n) is 1.29. The van der Waals surface area contributed by atoms with Gasteiger partial charge < -0.3 is 11.2 Å². The average molecular weight is 120 g/mol. The molecule has 1 aliphatic rings. The van der Waals surface area contributed by atoms with E-state index in [2.05, 4.69) is 10.9 Å². The molecule has 0 spiro atoms. The van der Waals surface area contributed by atoms with Crippen molar-refractivity contribution >= 4 is 11.6 Å². The zero-order valence-electron chi connectivity index (χ0n) is 3.61. The number of rotatable bonds is 0. The third-order valence-electron chi connectivity index (χ3n) is 0.680. The molecular weight excluding hydrogens is 114 g/mol. The van der Waals surface area contributed by atoms with Crippen molar-refractivity contribution in [2.24, 2.45) is 5.73 Å². The van der Waals surface area contributed by atoms with E-state index in [9.17, 15) is 0 Å². The van der Waals surface area contributed by atoms with Crippen LogP contribution in [0.2, 0.25) is 0 Å². The molecule has 0 saturated heterocycles. The molecule has 0 aliphatic carbocycles. The Morgan fingerprint density at radius 3 is 2.71 bits per heavy atom. The van der Waals surface area contributed by atoms with Crippen LogP contribution in [0.5, 0.6) is 0 Å². The first kappa shape index (κ1) is 4.74. The summed E-state index contributed by atoms with van der Waals surface area (Å²) in [6.45, 7) is 0. The van der Waals surface area contributed by atoms with E-state index < -0.39 is 0 Å². The first-order valence-electron chi connectivity index (χ1n) is 1.92. The molecular formula is C3H6ClN3. The van der Waals surface area contributed by atoms with Crippen LogP contribution in [-0.4, -0.2) is 5.50 Å². The lowest BCUT2D eigenvalue weighted by Crippen LogP contribution is -2.30. The van der Waals surface area contributed by atoms with Crippen LogP contribution in [0.3, 0.4) is 0 Å². The number of hydrogen-bond acceptors (Lipinski definition) is 3. The van der Waals surface area contributed by atoms with Crippen LogP contribution in [0.25, 0.3) is 0 Å². The minimum atomic E-state index is -0.153. The Hall–Kier alpha value is -0.410. The third-order valence-corrected chi connectivity index (χ3v) is 0.915. The maximum atomic E-state index is 5.48. The zero-order valence-corrected chi connectivity index (χ0v) is 4.37. The van der Waals surface area contributed by atoms with Crippen molar-refractivity contribution in [3.05, 3.63) is 11.9 Å². The molecule has 0 bridgehead atoms. The van der Waals surface area contributed by atoms with Crippen LogP contribution in [0.4, 0.5) is 0 Å². The molecule has 0 aromatic carbocycles. The van der Waals surface area contributed by atoms with E-state index in [-0.39, 0.29) is 5.50 Å². The number of hydrogen-bond donors (Lipinski definition) is 3. The molecule has 1 unspecified atom stereocenters. The Kier molecular flexibility index (Phi) is 1.08. The van der Waals surface area contributed by atoms with Gasteiger partial charge in [0.25, 0.3) is 0 Å². The summed E-state index contributed by atoms with van der Waals surface area (Å²) in [4.78, 5) is 0. The predicted octanol–water partition coefficient (Wildman–Crippen LogP) is -0.541. The first-order valence-corrected chi connectivity index (χ1v) is 2.35. The number of hydrazine groups is 1. The Morgan fingerprint density at radius 1 is 1.86 bits per heavy atom. The van der Waals surface area contributed by atoms with E-state index in [0.29, 0.717) is 5.82 Å². The quantitative estimate of drug-likeness (QED) is 0.297. The molecule has 0 aromatic heterocycles. The molecule has 0 amide bonds. The topological polar surface area (TPSA) is 50.1 Å². The molecule has 7 heavy (non-hydrogen) atoms. The smallest absolute Gasteiger partial charge is 0.122 e. The molecule has 3 nitrogen and oxygen atoms in total. The largest absolute Gasteiger partial charge is 0.385 e. The Bertz CT molecular complexity index is 100. The fourth-order valence-electron chi connectivity index (χ4n) is 0.393. The van der Waals surface area contributed by atoms with Crippen molar-refractivity contribution in [1.82, 2.24) is 10.9 Å². The lowest BCUT2D eigenvalue weighted by Gasteiger charge is -1.95. The molecule has 1 rings (SSSR count). The van der Waals surface area contributed by atoms with Gasteiger partial charge in [-0.05, 0) is 6.08 Å². The summed E-state index contributed by atoms with van der Waals surface area (Å²) >= 11 is 5.48. The van der Waals surface area contributed by atoms with E-state index >= 15 is 0 Å². The summed E-state index contributed by atoms with van der Waals surface area (Å²) < 4.78 is 0.